The maximum absolute atomic E-state index is 13.8. The first-order chi connectivity index (χ1) is 7.33. The molecule has 0 saturated heterocycles. The van der Waals surface area contributed by atoms with Crippen molar-refractivity contribution in [1.29, 1.82) is 0 Å². The fourth-order valence-electron chi connectivity index (χ4n) is 1.41. The number of methoxy groups -OCH3 is 1. The molecule has 1 heterocycles. The highest BCUT2D eigenvalue weighted by molar-refractivity contribution is 5.64. The van der Waals surface area contributed by atoms with Gasteiger partial charge in [0.1, 0.15) is 0 Å². The Morgan fingerprint density at radius 2 is 2.07 bits per heavy atom. The van der Waals surface area contributed by atoms with Crippen LogP contribution in [0.4, 0.5) is 4.39 Å². The predicted molar refractivity (Wildman–Crippen MR) is 56.2 cm³/mol. The van der Waals surface area contributed by atoms with Crippen molar-refractivity contribution in [2.24, 2.45) is 0 Å². The van der Waals surface area contributed by atoms with Crippen LogP contribution in [0.3, 0.4) is 0 Å². The van der Waals surface area contributed by atoms with Crippen LogP contribution in [0, 0.1) is 5.82 Å². The predicted octanol–water partition coefficient (Wildman–Crippen LogP) is 2.90. The van der Waals surface area contributed by atoms with E-state index in [2.05, 4.69) is 4.98 Å². The molecule has 1 aromatic heterocycles. The van der Waals surface area contributed by atoms with E-state index >= 15 is 0 Å². The number of benzene rings is 1. The van der Waals surface area contributed by atoms with Gasteiger partial charge in [0, 0.05) is 23.5 Å². The second kappa shape index (κ2) is 4.09. The van der Waals surface area contributed by atoms with Crippen LogP contribution < -0.4 is 4.74 Å². The molecule has 0 atom stereocenters. The molecule has 0 unspecified atom stereocenters. The normalized spacial score (nSPS) is 10.0. The average Bonchev–Trinajstić information content (AvgIpc) is 2.30. The van der Waals surface area contributed by atoms with Gasteiger partial charge in [-0.15, -0.1) is 0 Å². The van der Waals surface area contributed by atoms with Crippen molar-refractivity contribution in [3.8, 4) is 16.9 Å². The van der Waals surface area contributed by atoms with Gasteiger partial charge in [-0.05, 0) is 12.1 Å². The zero-order chi connectivity index (χ0) is 10.7. The number of aromatic nitrogens is 1. The number of hydrogen-bond acceptors (Lipinski definition) is 2. The molecular weight excluding hydrogens is 193 g/mol. The number of nitrogens with zero attached hydrogens (tertiary/aromatic N) is 1. The van der Waals surface area contributed by atoms with Gasteiger partial charge < -0.3 is 4.74 Å². The minimum Gasteiger partial charge on any atom is -0.494 e. The van der Waals surface area contributed by atoms with E-state index in [0.717, 1.165) is 5.56 Å². The molecule has 0 bridgehead atoms. The van der Waals surface area contributed by atoms with Crippen LogP contribution in [-0.2, 0) is 0 Å². The molecule has 0 aliphatic rings. The Bertz CT molecular complexity index is 456. The zero-order valence-electron chi connectivity index (χ0n) is 8.27. The molecule has 3 heteroatoms. The fourth-order valence-corrected chi connectivity index (χ4v) is 1.41. The number of ether oxygens (including phenoxy) is 1. The summed E-state index contributed by atoms with van der Waals surface area (Å²) in [6.07, 6.45) is 3.28. The lowest BCUT2D eigenvalue weighted by Gasteiger charge is -2.06. The molecule has 0 radical (unpaired) electrons. The first kappa shape index (κ1) is 9.65. The third-order valence-electron chi connectivity index (χ3n) is 2.16. The molecule has 0 spiro atoms. The maximum Gasteiger partial charge on any atom is 0.172 e. The van der Waals surface area contributed by atoms with E-state index < -0.39 is 0 Å². The monoisotopic (exact) mass is 203 g/mol. The minimum absolute atomic E-state index is 0.247. The SMILES string of the molecule is COc1cccc(-c2cccnc2)c1F. The third-order valence-corrected chi connectivity index (χ3v) is 2.16. The first-order valence-electron chi connectivity index (χ1n) is 4.56. The Morgan fingerprint density at radius 3 is 2.73 bits per heavy atom. The minimum atomic E-state index is -0.354. The Morgan fingerprint density at radius 1 is 1.20 bits per heavy atom. The van der Waals surface area contributed by atoms with E-state index in [9.17, 15) is 4.39 Å². The van der Waals surface area contributed by atoms with Crippen molar-refractivity contribution in [3.05, 3.63) is 48.5 Å². The van der Waals surface area contributed by atoms with Crippen molar-refractivity contribution in [1.82, 2.24) is 4.98 Å². The second-order valence-electron chi connectivity index (χ2n) is 3.06. The molecule has 0 aliphatic heterocycles. The third kappa shape index (κ3) is 1.81. The summed E-state index contributed by atoms with van der Waals surface area (Å²) >= 11 is 0. The summed E-state index contributed by atoms with van der Waals surface area (Å²) in [4.78, 5) is 3.95. The van der Waals surface area contributed by atoms with E-state index in [4.69, 9.17) is 4.74 Å². The molecule has 2 rings (SSSR count). The van der Waals surface area contributed by atoms with Gasteiger partial charge in [-0.3, -0.25) is 4.98 Å². The Labute approximate surface area is 87.4 Å². The summed E-state index contributed by atoms with van der Waals surface area (Å²) in [6, 6.07) is 8.63. The molecule has 0 fully saturated rings. The lowest BCUT2D eigenvalue weighted by Crippen LogP contribution is -1.91. The van der Waals surface area contributed by atoms with Crippen molar-refractivity contribution >= 4 is 0 Å². The van der Waals surface area contributed by atoms with Crippen LogP contribution >= 0.6 is 0 Å². The summed E-state index contributed by atoms with van der Waals surface area (Å²) in [5.41, 5.74) is 1.25. The van der Waals surface area contributed by atoms with Gasteiger partial charge >= 0.3 is 0 Å². The molecule has 0 amide bonds. The lowest BCUT2D eigenvalue weighted by atomic mass is 10.1. The topological polar surface area (TPSA) is 22.1 Å². The zero-order valence-corrected chi connectivity index (χ0v) is 8.27. The molecule has 2 nitrogen and oxygen atoms in total. The highest BCUT2D eigenvalue weighted by Crippen LogP contribution is 2.27. The van der Waals surface area contributed by atoms with Crippen LogP contribution in [-0.4, -0.2) is 12.1 Å². The molecular formula is C12H10FNO. The largest absolute Gasteiger partial charge is 0.494 e. The standard InChI is InChI=1S/C12H10FNO/c1-15-11-6-2-5-10(12(11)13)9-4-3-7-14-8-9/h2-8H,1H3. The van der Waals surface area contributed by atoms with Crippen molar-refractivity contribution in [3.63, 3.8) is 0 Å². The van der Waals surface area contributed by atoms with Gasteiger partial charge in [-0.25, -0.2) is 4.39 Å². The summed E-state index contributed by atoms with van der Waals surface area (Å²) in [7, 11) is 1.45. The number of hydrogen-bond donors (Lipinski definition) is 0. The summed E-state index contributed by atoms with van der Waals surface area (Å²) in [5, 5.41) is 0. The van der Waals surface area contributed by atoms with Gasteiger partial charge in [0.25, 0.3) is 0 Å². The molecule has 2 aromatic rings. The van der Waals surface area contributed by atoms with Gasteiger partial charge in [-0.1, -0.05) is 18.2 Å². The van der Waals surface area contributed by atoms with E-state index in [0.29, 0.717) is 5.56 Å². The van der Waals surface area contributed by atoms with Crippen molar-refractivity contribution in [2.75, 3.05) is 7.11 Å². The van der Waals surface area contributed by atoms with E-state index in [-0.39, 0.29) is 11.6 Å². The van der Waals surface area contributed by atoms with Crippen LogP contribution in [0.25, 0.3) is 11.1 Å². The summed E-state index contributed by atoms with van der Waals surface area (Å²) < 4.78 is 18.7. The van der Waals surface area contributed by atoms with Gasteiger partial charge in [0.05, 0.1) is 7.11 Å². The van der Waals surface area contributed by atoms with Crippen molar-refractivity contribution in [2.45, 2.75) is 0 Å². The second-order valence-corrected chi connectivity index (χ2v) is 3.06. The van der Waals surface area contributed by atoms with Gasteiger partial charge in [0.2, 0.25) is 0 Å². The van der Waals surface area contributed by atoms with Crippen molar-refractivity contribution < 1.29 is 9.13 Å². The van der Waals surface area contributed by atoms with E-state index in [1.807, 2.05) is 6.07 Å². The first-order valence-corrected chi connectivity index (χ1v) is 4.56. The quantitative estimate of drug-likeness (QED) is 0.748. The van der Waals surface area contributed by atoms with E-state index in [1.54, 1.807) is 36.7 Å². The number of pyridine rings is 1. The summed E-state index contributed by atoms with van der Waals surface area (Å²) in [5.74, 6) is -0.107. The Balaban J connectivity index is 2.54. The maximum atomic E-state index is 13.8. The highest BCUT2D eigenvalue weighted by Gasteiger charge is 2.09. The molecule has 15 heavy (non-hydrogen) atoms. The molecule has 0 aliphatic carbocycles. The summed E-state index contributed by atoms with van der Waals surface area (Å²) in [6.45, 7) is 0. The van der Waals surface area contributed by atoms with Crippen LogP contribution in [0.15, 0.2) is 42.7 Å². The molecule has 0 N–H and O–H groups in total. The lowest BCUT2D eigenvalue weighted by molar-refractivity contribution is 0.387. The van der Waals surface area contributed by atoms with Gasteiger partial charge in [-0.2, -0.15) is 0 Å². The molecule has 1 aromatic carbocycles. The Kier molecular flexibility index (Phi) is 2.63. The van der Waals surface area contributed by atoms with Crippen LogP contribution in [0.1, 0.15) is 0 Å². The molecule has 0 saturated carbocycles. The molecule has 76 valence electrons. The highest BCUT2D eigenvalue weighted by atomic mass is 19.1. The Hall–Kier alpha value is -1.90. The van der Waals surface area contributed by atoms with Gasteiger partial charge in [0.15, 0.2) is 11.6 Å². The number of halogens is 1. The fraction of sp³-hybridized carbons (Fsp3) is 0.0833. The van der Waals surface area contributed by atoms with Crippen LogP contribution in [0.2, 0.25) is 0 Å². The average molecular weight is 203 g/mol. The number of rotatable bonds is 2. The smallest absolute Gasteiger partial charge is 0.172 e. The van der Waals surface area contributed by atoms with E-state index in [1.165, 1.54) is 7.11 Å². The van der Waals surface area contributed by atoms with Crippen LogP contribution in [0.5, 0.6) is 5.75 Å².